The minimum atomic E-state index is -0.312. The maximum absolute atomic E-state index is 12.8. The van der Waals surface area contributed by atoms with E-state index in [-0.39, 0.29) is 24.9 Å². The molecule has 0 fully saturated rings. The summed E-state index contributed by atoms with van der Waals surface area (Å²) in [5.41, 5.74) is 7.61. The summed E-state index contributed by atoms with van der Waals surface area (Å²) in [6.07, 6.45) is 3.47. The molecular formula is C21H20FN3O3. The first-order chi connectivity index (χ1) is 13.7. The van der Waals surface area contributed by atoms with Crippen molar-refractivity contribution in [1.82, 2.24) is 4.98 Å². The number of nitrogens with zero attached hydrogens (tertiary/aromatic N) is 2. The molecule has 0 saturated heterocycles. The number of rotatable bonds is 9. The number of halogens is 1. The van der Waals surface area contributed by atoms with Crippen molar-refractivity contribution in [3.05, 3.63) is 90.0 Å². The second-order valence-electron chi connectivity index (χ2n) is 5.79. The Morgan fingerprint density at radius 3 is 2.61 bits per heavy atom. The molecule has 28 heavy (non-hydrogen) atoms. The van der Waals surface area contributed by atoms with Crippen LogP contribution in [0.15, 0.2) is 78.2 Å². The molecule has 0 bridgehead atoms. The van der Waals surface area contributed by atoms with Gasteiger partial charge < -0.3 is 20.0 Å². The van der Waals surface area contributed by atoms with Gasteiger partial charge in [-0.15, -0.1) is 0 Å². The van der Waals surface area contributed by atoms with Crippen LogP contribution in [0.2, 0.25) is 0 Å². The van der Waals surface area contributed by atoms with Gasteiger partial charge in [-0.1, -0.05) is 23.4 Å². The summed E-state index contributed by atoms with van der Waals surface area (Å²) in [6, 6.07) is 16.8. The molecule has 7 heteroatoms. The molecule has 6 nitrogen and oxygen atoms in total. The molecule has 0 unspecified atom stereocenters. The Balaban J connectivity index is 1.46. The molecule has 0 saturated carbocycles. The predicted octanol–water partition coefficient (Wildman–Crippen LogP) is 3.52. The van der Waals surface area contributed by atoms with Crippen LogP contribution in [0.1, 0.15) is 11.1 Å². The average Bonchev–Trinajstić information content (AvgIpc) is 2.74. The van der Waals surface area contributed by atoms with Gasteiger partial charge in [0.15, 0.2) is 12.4 Å². The van der Waals surface area contributed by atoms with Crippen LogP contribution in [0.5, 0.6) is 11.5 Å². The minimum absolute atomic E-state index is 0.204. The average molecular weight is 381 g/mol. The van der Waals surface area contributed by atoms with Crippen LogP contribution in [0.25, 0.3) is 0 Å². The van der Waals surface area contributed by atoms with Crippen molar-refractivity contribution in [1.29, 1.82) is 0 Å². The second kappa shape index (κ2) is 9.91. The van der Waals surface area contributed by atoms with Gasteiger partial charge in [0.2, 0.25) is 0 Å². The van der Waals surface area contributed by atoms with Gasteiger partial charge in [0.1, 0.15) is 30.5 Å². The Hall–Kier alpha value is -3.61. The van der Waals surface area contributed by atoms with E-state index in [2.05, 4.69) is 10.1 Å². The zero-order valence-electron chi connectivity index (χ0n) is 15.1. The first-order valence-corrected chi connectivity index (χ1v) is 8.66. The van der Waals surface area contributed by atoms with Crippen molar-refractivity contribution in [2.45, 2.75) is 6.61 Å². The van der Waals surface area contributed by atoms with E-state index in [9.17, 15) is 4.39 Å². The monoisotopic (exact) mass is 381 g/mol. The topological polar surface area (TPSA) is 79.0 Å². The Kier molecular flexibility index (Phi) is 6.78. The first-order valence-electron chi connectivity index (χ1n) is 8.66. The second-order valence-corrected chi connectivity index (χ2v) is 5.79. The number of hydrogen-bond donors (Lipinski definition) is 1. The maximum atomic E-state index is 12.8. The van der Waals surface area contributed by atoms with Gasteiger partial charge >= 0.3 is 0 Å². The third-order valence-electron chi connectivity index (χ3n) is 3.68. The third-order valence-corrected chi connectivity index (χ3v) is 3.68. The summed E-state index contributed by atoms with van der Waals surface area (Å²) in [4.78, 5) is 9.23. The van der Waals surface area contributed by atoms with Gasteiger partial charge in [-0.05, 0) is 42.5 Å². The number of benzene rings is 2. The number of pyridine rings is 1. The van der Waals surface area contributed by atoms with Gasteiger partial charge in [-0.3, -0.25) is 4.98 Å². The highest BCUT2D eigenvalue weighted by Gasteiger charge is 2.03. The van der Waals surface area contributed by atoms with Crippen molar-refractivity contribution in [3.8, 4) is 11.5 Å². The van der Waals surface area contributed by atoms with E-state index in [4.69, 9.17) is 20.0 Å². The Morgan fingerprint density at radius 2 is 1.82 bits per heavy atom. The standard InChI is InChI=1S/C21H20FN3O3/c22-18-6-8-19(9-7-18)26-11-12-28-25-21(23)17-4-1-5-20(13-17)27-15-16-3-2-10-24-14-16/h1-10,13-14H,11-12,15H2,(H2,23,25). The van der Waals surface area contributed by atoms with Crippen molar-refractivity contribution in [3.63, 3.8) is 0 Å². The lowest BCUT2D eigenvalue weighted by atomic mass is 10.2. The molecule has 1 aromatic heterocycles. The summed E-state index contributed by atoms with van der Waals surface area (Å²) in [5.74, 6) is 1.14. The summed E-state index contributed by atoms with van der Waals surface area (Å²) >= 11 is 0. The summed E-state index contributed by atoms with van der Waals surface area (Å²) < 4.78 is 24.0. The summed E-state index contributed by atoms with van der Waals surface area (Å²) in [6.45, 7) is 0.873. The third kappa shape index (κ3) is 5.98. The molecule has 0 aliphatic heterocycles. The number of ether oxygens (including phenoxy) is 2. The van der Waals surface area contributed by atoms with E-state index in [0.29, 0.717) is 23.7 Å². The normalized spacial score (nSPS) is 11.1. The number of oxime groups is 1. The molecular weight excluding hydrogens is 361 g/mol. The fourth-order valence-corrected chi connectivity index (χ4v) is 2.29. The molecule has 0 spiro atoms. The SMILES string of the molecule is NC(=NOCCOc1ccc(F)cc1)c1cccc(OCc2cccnc2)c1. The van der Waals surface area contributed by atoms with Crippen LogP contribution in [-0.2, 0) is 11.4 Å². The lowest BCUT2D eigenvalue weighted by molar-refractivity contribution is 0.107. The molecule has 144 valence electrons. The lowest BCUT2D eigenvalue weighted by Gasteiger charge is -2.08. The van der Waals surface area contributed by atoms with Crippen LogP contribution in [0.4, 0.5) is 4.39 Å². The molecule has 2 N–H and O–H groups in total. The molecule has 0 amide bonds. The van der Waals surface area contributed by atoms with E-state index in [1.54, 1.807) is 30.6 Å². The number of nitrogens with two attached hydrogens (primary N) is 1. The lowest BCUT2D eigenvalue weighted by Crippen LogP contribution is -2.15. The fourth-order valence-electron chi connectivity index (χ4n) is 2.29. The highest BCUT2D eigenvalue weighted by molar-refractivity contribution is 5.97. The van der Waals surface area contributed by atoms with Crippen LogP contribution in [0.3, 0.4) is 0 Å². The largest absolute Gasteiger partial charge is 0.490 e. The molecule has 0 aliphatic rings. The smallest absolute Gasteiger partial charge is 0.170 e. The van der Waals surface area contributed by atoms with Crippen LogP contribution >= 0.6 is 0 Å². The molecule has 1 heterocycles. The van der Waals surface area contributed by atoms with Gasteiger partial charge in [-0.2, -0.15) is 0 Å². The van der Waals surface area contributed by atoms with Crippen molar-refractivity contribution in [2.24, 2.45) is 10.9 Å². The number of hydrogen-bond acceptors (Lipinski definition) is 5. The maximum Gasteiger partial charge on any atom is 0.170 e. The van der Waals surface area contributed by atoms with Crippen molar-refractivity contribution >= 4 is 5.84 Å². The highest BCUT2D eigenvalue weighted by Crippen LogP contribution is 2.15. The summed E-state index contributed by atoms with van der Waals surface area (Å²) in [5, 5.41) is 3.89. The highest BCUT2D eigenvalue weighted by atomic mass is 19.1. The Labute approximate surface area is 162 Å². The predicted molar refractivity (Wildman–Crippen MR) is 104 cm³/mol. The zero-order chi connectivity index (χ0) is 19.6. The van der Waals surface area contributed by atoms with Crippen molar-refractivity contribution < 1.29 is 18.7 Å². The zero-order valence-corrected chi connectivity index (χ0v) is 15.1. The van der Waals surface area contributed by atoms with Gasteiger partial charge in [0.05, 0.1) is 0 Å². The Bertz CT molecular complexity index is 902. The van der Waals surface area contributed by atoms with Gasteiger partial charge in [0, 0.05) is 23.5 Å². The number of aromatic nitrogens is 1. The quantitative estimate of drug-likeness (QED) is 0.266. The molecule has 0 radical (unpaired) electrons. The van der Waals surface area contributed by atoms with E-state index in [1.807, 2.05) is 30.3 Å². The van der Waals surface area contributed by atoms with Crippen LogP contribution in [0, 0.1) is 5.82 Å². The van der Waals surface area contributed by atoms with Crippen molar-refractivity contribution in [2.75, 3.05) is 13.2 Å². The van der Waals surface area contributed by atoms with Crippen LogP contribution in [-0.4, -0.2) is 24.0 Å². The first kappa shape index (κ1) is 19.2. The molecule has 0 aliphatic carbocycles. The minimum Gasteiger partial charge on any atom is -0.490 e. The van der Waals surface area contributed by atoms with E-state index < -0.39 is 0 Å². The van der Waals surface area contributed by atoms with Gasteiger partial charge in [0.25, 0.3) is 0 Å². The Morgan fingerprint density at radius 1 is 0.964 bits per heavy atom. The van der Waals surface area contributed by atoms with Crippen LogP contribution < -0.4 is 15.2 Å². The molecule has 3 rings (SSSR count). The summed E-state index contributed by atoms with van der Waals surface area (Å²) in [7, 11) is 0. The van der Waals surface area contributed by atoms with Gasteiger partial charge in [-0.25, -0.2) is 4.39 Å². The molecule has 0 atom stereocenters. The number of amidine groups is 1. The molecule has 2 aromatic carbocycles. The van der Waals surface area contributed by atoms with E-state index in [1.165, 1.54) is 12.1 Å². The molecule has 3 aromatic rings. The van der Waals surface area contributed by atoms with E-state index >= 15 is 0 Å². The fraction of sp³-hybridized carbons (Fsp3) is 0.143. The van der Waals surface area contributed by atoms with E-state index in [0.717, 1.165) is 5.56 Å².